The van der Waals surface area contributed by atoms with Gasteiger partial charge in [-0.05, 0) is 17.0 Å². The van der Waals surface area contributed by atoms with Crippen LogP contribution < -0.4 is 0 Å². The predicted molar refractivity (Wildman–Crippen MR) is 67.6 cm³/mol. The third kappa shape index (κ3) is 2.62. The summed E-state index contributed by atoms with van der Waals surface area (Å²) in [6, 6.07) is 2.01. The van der Waals surface area contributed by atoms with E-state index in [1.807, 2.05) is 12.3 Å². The first-order valence-corrected chi connectivity index (χ1v) is 5.77. The fourth-order valence-corrected chi connectivity index (χ4v) is 2.00. The average Bonchev–Trinajstić information content (AvgIpc) is 2.13. The van der Waals surface area contributed by atoms with E-state index in [0.717, 1.165) is 11.3 Å². The Hall–Kier alpha value is -0.890. The molecule has 2 nitrogen and oxygen atoms in total. The SMILES string of the molecule is CC(C)(C)c1ccnc(C(C)(C)C)c1CO. The normalized spacial score (nSPS) is 12.9. The second kappa shape index (κ2) is 4.17. The maximum absolute atomic E-state index is 9.59. The van der Waals surface area contributed by atoms with Crippen molar-refractivity contribution in [2.45, 2.75) is 59.0 Å². The molecular formula is C14H23NO. The standard InChI is InChI=1S/C14H23NO/c1-13(2,3)11-7-8-15-12(10(11)9-16)14(4,5)6/h7-8,16H,9H2,1-6H3. The molecule has 1 N–H and O–H groups in total. The molecule has 2 heteroatoms. The molecule has 1 aromatic heterocycles. The molecule has 0 amide bonds. The molecule has 0 unspecified atom stereocenters. The lowest BCUT2D eigenvalue weighted by Crippen LogP contribution is -2.22. The van der Waals surface area contributed by atoms with Crippen molar-refractivity contribution in [1.82, 2.24) is 4.98 Å². The summed E-state index contributed by atoms with van der Waals surface area (Å²) in [5.41, 5.74) is 3.19. The van der Waals surface area contributed by atoms with E-state index in [-0.39, 0.29) is 17.4 Å². The molecule has 0 aromatic carbocycles. The first-order chi connectivity index (χ1) is 7.18. The van der Waals surface area contributed by atoms with Crippen LogP contribution in [-0.2, 0) is 17.4 Å². The van der Waals surface area contributed by atoms with Crippen LogP contribution in [0.1, 0.15) is 58.4 Å². The monoisotopic (exact) mass is 221 g/mol. The Labute approximate surface area is 98.7 Å². The average molecular weight is 221 g/mol. The van der Waals surface area contributed by atoms with Crippen LogP contribution in [0.5, 0.6) is 0 Å². The molecule has 0 aliphatic carbocycles. The molecule has 0 fully saturated rings. The highest BCUT2D eigenvalue weighted by molar-refractivity contribution is 5.37. The molecule has 16 heavy (non-hydrogen) atoms. The smallest absolute Gasteiger partial charge is 0.0702 e. The molecule has 0 bridgehead atoms. The lowest BCUT2D eigenvalue weighted by molar-refractivity contribution is 0.274. The molecule has 0 spiro atoms. The van der Waals surface area contributed by atoms with Crippen LogP contribution in [0.25, 0.3) is 0 Å². The maximum atomic E-state index is 9.59. The van der Waals surface area contributed by atoms with Gasteiger partial charge in [-0.25, -0.2) is 0 Å². The zero-order chi connectivity index (χ0) is 12.6. The van der Waals surface area contributed by atoms with Gasteiger partial charge >= 0.3 is 0 Å². The Balaban J connectivity index is 3.45. The van der Waals surface area contributed by atoms with Crippen molar-refractivity contribution >= 4 is 0 Å². The molecule has 0 aliphatic heterocycles. The number of aliphatic hydroxyl groups excluding tert-OH is 1. The largest absolute Gasteiger partial charge is 0.392 e. The van der Waals surface area contributed by atoms with Crippen LogP contribution in [0, 0.1) is 0 Å². The van der Waals surface area contributed by atoms with E-state index in [1.165, 1.54) is 5.56 Å². The zero-order valence-corrected chi connectivity index (χ0v) is 11.3. The third-order valence-corrected chi connectivity index (χ3v) is 2.73. The molecule has 0 radical (unpaired) electrons. The molecule has 0 atom stereocenters. The van der Waals surface area contributed by atoms with Crippen molar-refractivity contribution in [1.29, 1.82) is 0 Å². The predicted octanol–water partition coefficient (Wildman–Crippen LogP) is 3.17. The van der Waals surface area contributed by atoms with E-state index >= 15 is 0 Å². The van der Waals surface area contributed by atoms with E-state index in [0.29, 0.717) is 0 Å². The summed E-state index contributed by atoms with van der Waals surface area (Å²) in [6.45, 7) is 12.9. The van der Waals surface area contributed by atoms with Gasteiger partial charge in [0.2, 0.25) is 0 Å². The van der Waals surface area contributed by atoms with Gasteiger partial charge in [0.15, 0.2) is 0 Å². The summed E-state index contributed by atoms with van der Waals surface area (Å²) in [5.74, 6) is 0. The topological polar surface area (TPSA) is 33.1 Å². The van der Waals surface area contributed by atoms with Crippen LogP contribution in [0.15, 0.2) is 12.3 Å². The number of hydrogen-bond acceptors (Lipinski definition) is 2. The van der Waals surface area contributed by atoms with Crippen molar-refractivity contribution < 1.29 is 5.11 Å². The van der Waals surface area contributed by atoms with Gasteiger partial charge in [-0.2, -0.15) is 0 Å². The van der Waals surface area contributed by atoms with Crippen molar-refractivity contribution in [2.24, 2.45) is 0 Å². The van der Waals surface area contributed by atoms with Gasteiger partial charge in [0.25, 0.3) is 0 Å². The van der Waals surface area contributed by atoms with Crippen molar-refractivity contribution in [2.75, 3.05) is 0 Å². The summed E-state index contributed by atoms with van der Waals surface area (Å²) in [6.07, 6.45) is 1.85. The Morgan fingerprint density at radius 2 is 1.62 bits per heavy atom. The summed E-state index contributed by atoms with van der Waals surface area (Å²) in [4.78, 5) is 4.43. The summed E-state index contributed by atoms with van der Waals surface area (Å²) >= 11 is 0. The lowest BCUT2D eigenvalue weighted by Gasteiger charge is -2.28. The number of aliphatic hydroxyl groups is 1. The fourth-order valence-electron chi connectivity index (χ4n) is 2.00. The number of hydrogen-bond donors (Lipinski definition) is 1. The second-order valence-electron chi connectivity index (χ2n) is 6.34. The first kappa shape index (κ1) is 13.2. The molecule has 0 saturated carbocycles. The Morgan fingerprint density at radius 3 is 2.00 bits per heavy atom. The van der Waals surface area contributed by atoms with Crippen LogP contribution in [0.3, 0.4) is 0 Å². The Kier molecular flexibility index (Phi) is 3.44. The number of aromatic nitrogens is 1. The van der Waals surface area contributed by atoms with Gasteiger partial charge in [-0.3, -0.25) is 4.98 Å². The third-order valence-electron chi connectivity index (χ3n) is 2.73. The van der Waals surface area contributed by atoms with Crippen LogP contribution in [-0.4, -0.2) is 10.1 Å². The summed E-state index contributed by atoms with van der Waals surface area (Å²) in [5, 5.41) is 9.59. The second-order valence-corrected chi connectivity index (χ2v) is 6.34. The van der Waals surface area contributed by atoms with Gasteiger partial charge < -0.3 is 5.11 Å². The molecule has 0 aliphatic rings. The summed E-state index contributed by atoms with van der Waals surface area (Å²) in [7, 11) is 0. The Bertz CT molecular complexity index is 337. The molecule has 1 heterocycles. The van der Waals surface area contributed by atoms with E-state index in [9.17, 15) is 5.11 Å². The van der Waals surface area contributed by atoms with Crippen molar-refractivity contribution in [3.63, 3.8) is 0 Å². The van der Waals surface area contributed by atoms with Gasteiger partial charge in [0.1, 0.15) is 0 Å². The molecule has 1 aromatic rings. The fraction of sp³-hybridized carbons (Fsp3) is 0.643. The van der Waals surface area contributed by atoms with E-state index < -0.39 is 0 Å². The van der Waals surface area contributed by atoms with E-state index in [4.69, 9.17) is 0 Å². The van der Waals surface area contributed by atoms with Crippen LogP contribution in [0.4, 0.5) is 0 Å². The van der Waals surface area contributed by atoms with Crippen LogP contribution >= 0.6 is 0 Å². The lowest BCUT2D eigenvalue weighted by atomic mass is 9.79. The van der Waals surface area contributed by atoms with Gasteiger partial charge in [0.05, 0.1) is 12.3 Å². The van der Waals surface area contributed by atoms with E-state index in [2.05, 4.69) is 46.5 Å². The Morgan fingerprint density at radius 1 is 1.06 bits per heavy atom. The van der Waals surface area contributed by atoms with Gasteiger partial charge in [-0.15, -0.1) is 0 Å². The minimum atomic E-state index is -0.0284. The highest BCUT2D eigenvalue weighted by Crippen LogP contribution is 2.32. The van der Waals surface area contributed by atoms with Crippen molar-refractivity contribution in [3.05, 3.63) is 29.1 Å². The van der Waals surface area contributed by atoms with Crippen molar-refractivity contribution in [3.8, 4) is 0 Å². The number of nitrogens with zero attached hydrogens (tertiary/aromatic N) is 1. The molecule has 90 valence electrons. The quantitative estimate of drug-likeness (QED) is 0.790. The minimum Gasteiger partial charge on any atom is -0.392 e. The molecule has 0 saturated heterocycles. The van der Waals surface area contributed by atoms with Gasteiger partial charge in [-0.1, -0.05) is 41.5 Å². The highest BCUT2D eigenvalue weighted by Gasteiger charge is 2.25. The first-order valence-electron chi connectivity index (χ1n) is 5.77. The molecule has 1 rings (SSSR count). The van der Waals surface area contributed by atoms with E-state index in [1.54, 1.807) is 0 Å². The van der Waals surface area contributed by atoms with Crippen LogP contribution in [0.2, 0.25) is 0 Å². The summed E-state index contributed by atoms with van der Waals surface area (Å²) < 4.78 is 0. The highest BCUT2D eigenvalue weighted by atomic mass is 16.3. The number of pyridine rings is 1. The minimum absolute atomic E-state index is 0.0284. The van der Waals surface area contributed by atoms with Gasteiger partial charge in [0, 0.05) is 17.2 Å². The zero-order valence-electron chi connectivity index (χ0n) is 11.3. The number of rotatable bonds is 1. The maximum Gasteiger partial charge on any atom is 0.0702 e. The molecular weight excluding hydrogens is 198 g/mol.